The third-order valence-corrected chi connectivity index (χ3v) is 3.75. The summed E-state index contributed by atoms with van der Waals surface area (Å²) < 4.78 is 32.6. The molecule has 0 aliphatic carbocycles. The largest absolute Gasteiger partial charge is 0.505 e. The van der Waals surface area contributed by atoms with Crippen LogP contribution in [-0.4, -0.2) is 27.8 Å². The van der Waals surface area contributed by atoms with Crippen LogP contribution in [0.15, 0.2) is 24.4 Å². The van der Waals surface area contributed by atoms with Gasteiger partial charge in [-0.3, -0.25) is 0 Å². The van der Waals surface area contributed by atoms with Crippen LogP contribution in [0.4, 0.5) is 20.4 Å². The average molecular weight is 358 g/mol. The van der Waals surface area contributed by atoms with Crippen LogP contribution in [0.5, 0.6) is 5.75 Å². The lowest BCUT2D eigenvalue weighted by Crippen LogP contribution is -2.09. The predicted molar refractivity (Wildman–Crippen MR) is 87.9 cm³/mol. The van der Waals surface area contributed by atoms with Crippen LogP contribution < -0.4 is 5.32 Å². The molecule has 1 unspecified atom stereocenters. The van der Waals surface area contributed by atoms with Crippen LogP contribution in [0.25, 0.3) is 0 Å². The first-order valence-electron chi connectivity index (χ1n) is 7.50. The van der Waals surface area contributed by atoms with Crippen molar-refractivity contribution in [1.82, 2.24) is 9.97 Å². The fourth-order valence-corrected chi connectivity index (χ4v) is 2.52. The Kier molecular flexibility index (Phi) is 6.28. The number of aryl methyl sites for hydroxylation is 1. The van der Waals surface area contributed by atoms with Crippen molar-refractivity contribution in [3.63, 3.8) is 0 Å². The van der Waals surface area contributed by atoms with E-state index in [4.69, 9.17) is 9.84 Å². The summed E-state index contributed by atoms with van der Waals surface area (Å²) >= 11 is 0. The van der Waals surface area contributed by atoms with Crippen molar-refractivity contribution in [2.75, 3.05) is 11.9 Å². The van der Waals surface area contributed by atoms with E-state index in [1.165, 1.54) is 12.1 Å². The molecule has 1 aromatic heterocycles. The second-order valence-corrected chi connectivity index (χ2v) is 5.45. The molecule has 1 saturated heterocycles. The van der Waals surface area contributed by atoms with Gasteiger partial charge in [0.1, 0.15) is 0 Å². The summed E-state index contributed by atoms with van der Waals surface area (Å²) in [7, 11) is 0. The van der Waals surface area contributed by atoms with Gasteiger partial charge in [0.2, 0.25) is 5.95 Å². The number of hydrogen-bond acceptors (Lipinski definition) is 5. The van der Waals surface area contributed by atoms with Crippen molar-refractivity contribution in [2.24, 2.45) is 0 Å². The molecule has 3 rings (SSSR count). The van der Waals surface area contributed by atoms with E-state index in [1.54, 1.807) is 0 Å². The van der Waals surface area contributed by atoms with Crippen molar-refractivity contribution in [2.45, 2.75) is 31.8 Å². The smallest absolute Gasteiger partial charge is 0.227 e. The lowest BCUT2D eigenvalue weighted by atomic mass is 10.1. The molecule has 0 amide bonds. The van der Waals surface area contributed by atoms with E-state index in [0.29, 0.717) is 24.2 Å². The van der Waals surface area contributed by atoms with E-state index in [2.05, 4.69) is 15.3 Å². The Balaban J connectivity index is 0.00000208. The number of rotatable bonds is 5. The van der Waals surface area contributed by atoms with Crippen LogP contribution in [0.2, 0.25) is 0 Å². The van der Waals surface area contributed by atoms with E-state index >= 15 is 0 Å². The number of halogens is 3. The highest BCUT2D eigenvalue weighted by molar-refractivity contribution is 5.85. The normalized spacial score (nSPS) is 16.7. The van der Waals surface area contributed by atoms with Crippen LogP contribution >= 0.6 is 12.4 Å². The van der Waals surface area contributed by atoms with Gasteiger partial charge in [-0.1, -0.05) is 0 Å². The summed E-state index contributed by atoms with van der Waals surface area (Å²) in [6.07, 6.45) is 4.45. The molecule has 1 aliphatic heterocycles. The number of aromatic hydroxyl groups is 1. The molecule has 8 heteroatoms. The summed E-state index contributed by atoms with van der Waals surface area (Å²) in [5.41, 5.74) is 0.675. The number of nitrogens with one attached hydrogen (secondary N) is 1. The molecule has 0 bridgehead atoms. The molecule has 2 aromatic rings. The summed E-state index contributed by atoms with van der Waals surface area (Å²) in [5.74, 6) is -1.48. The maximum atomic E-state index is 13.8. The average Bonchev–Trinajstić information content (AvgIpc) is 3.05. The molecule has 2 heterocycles. The van der Waals surface area contributed by atoms with Gasteiger partial charge in [0.05, 0.1) is 18.0 Å². The zero-order chi connectivity index (χ0) is 16.2. The van der Waals surface area contributed by atoms with Crippen molar-refractivity contribution < 1.29 is 18.6 Å². The third kappa shape index (κ3) is 4.52. The van der Waals surface area contributed by atoms with Gasteiger partial charge >= 0.3 is 0 Å². The predicted octanol–water partition coefficient (Wildman–Crippen LogP) is 3.74. The first kappa shape index (κ1) is 18.4. The van der Waals surface area contributed by atoms with Gasteiger partial charge in [0.25, 0.3) is 0 Å². The SMILES string of the molecule is Cl.Oc1ccc(Nc2ncc(F)c(CCC3CCCO3)n2)cc1F. The Hall–Kier alpha value is -1.99. The highest BCUT2D eigenvalue weighted by Gasteiger charge is 2.17. The van der Waals surface area contributed by atoms with Gasteiger partial charge in [0, 0.05) is 18.4 Å². The van der Waals surface area contributed by atoms with Crippen molar-refractivity contribution in [3.05, 3.63) is 41.7 Å². The first-order valence-corrected chi connectivity index (χ1v) is 7.50. The van der Waals surface area contributed by atoms with Gasteiger partial charge in [-0.2, -0.15) is 0 Å². The van der Waals surface area contributed by atoms with E-state index in [9.17, 15) is 8.78 Å². The molecule has 1 fully saturated rings. The minimum atomic E-state index is -0.754. The third-order valence-electron chi connectivity index (χ3n) is 3.75. The molecular formula is C16H18ClF2N3O2. The fourth-order valence-electron chi connectivity index (χ4n) is 2.52. The topological polar surface area (TPSA) is 67.3 Å². The maximum Gasteiger partial charge on any atom is 0.227 e. The monoisotopic (exact) mass is 357 g/mol. The summed E-state index contributed by atoms with van der Waals surface area (Å²) in [6, 6.07) is 3.82. The summed E-state index contributed by atoms with van der Waals surface area (Å²) in [5, 5.41) is 12.0. The molecule has 5 nitrogen and oxygen atoms in total. The lowest BCUT2D eigenvalue weighted by Gasteiger charge is -2.10. The maximum absolute atomic E-state index is 13.8. The van der Waals surface area contributed by atoms with Crippen molar-refractivity contribution in [1.29, 1.82) is 0 Å². The minimum absolute atomic E-state index is 0. The quantitative estimate of drug-likeness (QED) is 0.798. The second-order valence-electron chi connectivity index (χ2n) is 5.45. The molecule has 2 N–H and O–H groups in total. The van der Waals surface area contributed by atoms with Crippen LogP contribution in [-0.2, 0) is 11.2 Å². The Morgan fingerprint density at radius 3 is 2.83 bits per heavy atom. The second kappa shape index (κ2) is 8.21. The zero-order valence-corrected chi connectivity index (χ0v) is 13.7. The molecule has 0 saturated carbocycles. The first-order chi connectivity index (χ1) is 11.1. The number of anilines is 2. The fraction of sp³-hybridized carbons (Fsp3) is 0.375. The number of benzene rings is 1. The van der Waals surface area contributed by atoms with E-state index in [-0.39, 0.29) is 24.5 Å². The molecule has 24 heavy (non-hydrogen) atoms. The number of phenolic OH excluding ortho intramolecular Hbond substituents is 1. The van der Waals surface area contributed by atoms with Gasteiger partial charge in [-0.15, -0.1) is 12.4 Å². The molecule has 0 spiro atoms. The summed E-state index contributed by atoms with van der Waals surface area (Å²) in [6.45, 7) is 0.760. The van der Waals surface area contributed by atoms with Crippen molar-refractivity contribution in [3.8, 4) is 5.75 Å². The molecule has 1 atom stereocenters. The number of ether oxygens (including phenoxy) is 1. The highest BCUT2D eigenvalue weighted by atomic mass is 35.5. The number of hydrogen-bond donors (Lipinski definition) is 2. The Morgan fingerprint density at radius 2 is 2.12 bits per heavy atom. The van der Waals surface area contributed by atoms with Crippen molar-refractivity contribution >= 4 is 24.0 Å². The summed E-state index contributed by atoms with van der Waals surface area (Å²) in [4.78, 5) is 8.00. The molecule has 1 aliphatic rings. The van der Waals surface area contributed by atoms with Crippen LogP contribution in [0.3, 0.4) is 0 Å². The highest BCUT2D eigenvalue weighted by Crippen LogP contribution is 2.22. The van der Waals surface area contributed by atoms with Gasteiger partial charge in [-0.25, -0.2) is 18.7 Å². The van der Waals surface area contributed by atoms with Gasteiger partial charge in [0.15, 0.2) is 17.4 Å². The van der Waals surface area contributed by atoms with E-state index < -0.39 is 17.4 Å². The molecule has 130 valence electrons. The Morgan fingerprint density at radius 1 is 1.29 bits per heavy atom. The number of phenols is 1. The van der Waals surface area contributed by atoms with Gasteiger partial charge in [-0.05, 0) is 37.8 Å². The van der Waals surface area contributed by atoms with E-state index in [0.717, 1.165) is 31.7 Å². The molecule has 1 aromatic carbocycles. The Labute approximate surface area is 144 Å². The van der Waals surface area contributed by atoms with E-state index in [1.807, 2.05) is 0 Å². The van der Waals surface area contributed by atoms with Gasteiger partial charge < -0.3 is 15.2 Å². The lowest BCUT2D eigenvalue weighted by molar-refractivity contribution is 0.104. The zero-order valence-electron chi connectivity index (χ0n) is 12.8. The van der Waals surface area contributed by atoms with Crippen LogP contribution in [0, 0.1) is 11.6 Å². The number of nitrogens with zero attached hydrogens (tertiary/aromatic N) is 2. The standard InChI is InChI=1S/C16H17F2N3O2.ClH/c17-12-8-10(3-6-15(12)22)20-16-19-9-13(18)14(21-16)5-4-11-2-1-7-23-11;/h3,6,8-9,11,22H,1-2,4-5,7H2,(H,19,20,21);1H. The number of aromatic nitrogens is 2. The minimum Gasteiger partial charge on any atom is -0.505 e. The Bertz CT molecular complexity index is 697. The molecule has 0 radical (unpaired) electrons. The molecular weight excluding hydrogens is 340 g/mol. The van der Waals surface area contributed by atoms with Crippen LogP contribution in [0.1, 0.15) is 25.0 Å².